The highest BCUT2D eigenvalue weighted by atomic mass is 16.5. The third kappa shape index (κ3) is 3.52. The van der Waals surface area contributed by atoms with E-state index in [4.69, 9.17) is 13.6 Å². The third-order valence-electron chi connectivity index (χ3n) is 5.70. The molecule has 1 aliphatic heterocycles. The van der Waals surface area contributed by atoms with Crippen LogP contribution in [0.2, 0.25) is 0 Å². The predicted molar refractivity (Wildman–Crippen MR) is 103 cm³/mol. The monoisotopic (exact) mass is 394 g/mol. The van der Waals surface area contributed by atoms with Crippen molar-refractivity contribution in [1.82, 2.24) is 5.01 Å². The lowest BCUT2D eigenvalue weighted by Gasteiger charge is -2.27. The zero-order valence-electron chi connectivity index (χ0n) is 16.0. The summed E-state index contributed by atoms with van der Waals surface area (Å²) >= 11 is 0. The SMILES string of the molecule is O=C(OCC(=O)N1N=C2C(=Cc3ccco3)CCCC2C1c1ccco1)C1CC1. The molecule has 3 aliphatic rings. The topological polar surface area (TPSA) is 85.3 Å². The van der Waals surface area contributed by atoms with E-state index in [0.717, 1.165) is 49.1 Å². The van der Waals surface area contributed by atoms with Crippen molar-refractivity contribution in [2.24, 2.45) is 16.9 Å². The normalized spacial score (nSPS) is 25.0. The van der Waals surface area contributed by atoms with E-state index in [1.165, 1.54) is 5.01 Å². The second-order valence-electron chi connectivity index (χ2n) is 7.75. The molecule has 2 saturated carbocycles. The number of hydrogen-bond donors (Lipinski definition) is 0. The lowest BCUT2D eigenvalue weighted by atomic mass is 9.79. The van der Waals surface area contributed by atoms with E-state index in [0.29, 0.717) is 5.76 Å². The molecule has 0 N–H and O–H groups in total. The van der Waals surface area contributed by atoms with Crippen LogP contribution in [0, 0.1) is 11.8 Å². The summed E-state index contributed by atoms with van der Waals surface area (Å²) in [5, 5.41) is 6.13. The number of carbonyl (C=O) groups is 2. The number of carbonyl (C=O) groups excluding carboxylic acids is 2. The second kappa shape index (κ2) is 7.39. The fraction of sp³-hybridized carbons (Fsp3) is 0.409. The van der Waals surface area contributed by atoms with Crippen LogP contribution in [0.15, 0.2) is 56.3 Å². The van der Waals surface area contributed by atoms with E-state index >= 15 is 0 Å². The molecule has 0 spiro atoms. The first kappa shape index (κ1) is 18.0. The Hall–Kier alpha value is -3.09. The average molecular weight is 394 g/mol. The van der Waals surface area contributed by atoms with Crippen LogP contribution in [0.25, 0.3) is 6.08 Å². The summed E-state index contributed by atoms with van der Waals surface area (Å²) in [6.45, 7) is -0.298. The highest BCUT2D eigenvalue weighted by Crippen LogP contribution is 2.44. The van der Waals surface area contributed by atoms with Gasteiger partial charge in [0.2, 0.25) is 0 Å². The van der Waals surface area contributed by atoms with Gasteiger partial charge in [0, 0.05) is 5.92 Å². The van der Waals surface area contributed by atoms with Gasteiger partial charge in [-0.05, 0) is 68.0 Å². The zero-order valence-corrected chi connectivity index (χ0v) is 16.0. The summed E-state index contributed by atoms with van der Waals surface area (Å²) in [6, 6.07) is 7.10. The molecular formula is C22H22N2O5. The number of ether oxygens (including phenoxy) is 1. The van der Waals surface area contributed by atoms with Gasteiger partial charge in [-0.25, -0.2) is 5.01 Å². The Kier molecular flexibility index (Phi) is 4.58. The second-order valence-corrected chi connectivity index (χ2v) is 7.75. The van der Waals surface area contributed by atoms with Crippen LogP contribution in [0.1, 0.15) is 49.7 Å². The molecule has 2 fully saturated rings. The number of allylic oxidation sites excluding steroid dienone is 1. The predicted octanol–water partition coefficient (Wildman–Crippen LogP) is 3.95. The van der Waals surface area contributed by atoms with Gasteiger partial charge in [-0.3, -0.25) is 9.59 Å². The Bertz CT molecular complexity index is 954. The maximum Gasteiger partial charge on any atom is 0.309 e. The Morgan fingerprint density at radius 2 is 2.00 bits per heavy atom. The fourth-order valence-electron chi connectivity index (χ4n) is 4.13. The Morgan fingerprint density at radius 1 is 1.17 bits per heavy atom. The van der Waals surface area contributed by atoms with Crippen molar-refractivity contribution in [2.75, 3.05) is 6.61 Å². The molecule has 0 bridgehead atoms. The van der Waals surface area contributed by atoms with Gasteiger partial charge < -0.3 is 13.6 Å². The molecule has 1 amide bonds. The summed E-state index contributed by atoms with van der Waals surface area (Å²) in [5.74, 6) is 0.823. The summed E-state index contributed by atoms with van der Waals surface area (Å²) in [5.41, 5.74) is 1.95. The third-order valence-corrected chi connectivity index (χ3v) is 5.70. The minimum absolute atomic E-state index is 0.0409. The summed E-state index contributed by atoms with van der Waals surface area (Å²) in [6.07, 6.45) is 9.70. The first-order valence-corrected chi connectivity index (χ1v) is 10.1. The van der Waals surface area contributed by atoms with Gasteiger partial charge in [-0.2, -0.15) is 5.10 Å². The molecule has 7 heteroatoms. The lowest BCUT2D eigenvalue weighted by Crippen LogP contribution is -2.34. The van der Waals surface area contributed by atoms with Crippen molar-refractivity contribution in [3.05, 3.63) is 53.9 Å². The van der Waals surface area contributed by atoms with Crippen LogP contribution >= 0.6 is 0 Å². The molecule has 29 heavy (non-hydrogen) atoms. The van der Waals surface area contributed by atoms with Crippen molar-refractivity contribution in [2.45, 2.75) is 38.1 Å². The minimum Gasteiger partial charge on any atom is -0.467 e. The zero-order chi connectivity index (χ0) is 19.8. The molecule has 7 nitrogen and oxygen atoms in total. The Balaban J connectivity index is 1.43. The average Bonchev–Trinajstić information content (AvgIpc) is 3.12. The standard InChI is InChI=1S/C22H22N2O5/c25-19(13-29-22(26)14-8-9-14)24-21(18-7-3-11-28-18)17-6-1-4-15(20(17)23-24)12-16-5-2-10-27-16/h2-3,5,7,10-12,14,17,21H,1,4,6,8-9,13H2. The quantitative estimate of drug-likeness (QED) is 0.717. The van der Waals surface area contributed by atoms with Crippen LogP contribution in [-0.4, -0.2) is 29.2 Å². The molecular weight excluding hydrogens is 372 g/mol. The molecule has 2 unspecified atom stereocenters. The van der Waals surface area contributed by atoms with Gasteiger partial charge in [0.25, 0.3) is 5.91 Å². The van der Waals surface area contributed by atoms with Crippen molar-refractivity contribution >= 4 is 23.7 Å². The number of nitrogens with zero attached hydrogens (tertiary/aromatic N) is 2. The van der Waals surface area contributed by atoms with Crippen LogP contribution in [-0.2, 0) is 14.3 Å². The maximum atomic E-state index is 12.9. The highest BCUT2D eigenvalue weighted by Gasteiger charge is 2.45. The van der Waals surface area contributed by atoms with Crippen molar-refractivity contribution in [3.63, 3.8) is 0 Å². The van der Waals surface area contributed by atoms with Gasteiger partial charge in [0.1, 0.15) is 17.6 Å². The minimum atomic E-state index is -0.334. The molecule has 2 aromatic rings. The Labute approximate surface area is 168 Å². The smallest absolute Gasteiger partial charge is 0.309 e. The summed E-state index contributed by atoms with van der Waals surface area (Å²) < 4.78 is 16.3. The number of hydrogen-bond acceptors (Lipinski definition) is 6. The molecule has 150 valence electrons. The molecule has 2 aliphatic carbocycles. The van der Waals surface area contributed by atoms with Gasteiger partial charge in [0.05, 0.1) is 24.2 Å². The number of fused-ring (bicyclic) bond motifs is 1. The van der Waals surface area contributed by atoms with Gasteiger partial charge in [-0.1, -0.05) is 0 Å². The summed E-state index contributed by atoms with van der Waals surface area (Å²) in [4.78, 5) is 24.8. The van der Waals surface area contributed by atoms with E-state index in [2.05, 4.69) is 5.10 Å². The van der Waals surface area contributed by atoms with Crippen LogP contribution in [0.3, 0.4) is 0 Å². The number of esters is 1. The molecule has 0 radical (unpaired) electrons. The van der Waals surface area contributed by atoms with Crippen molar-refractivity contribution < 1.29 is 23.2 Å². The summed E-state index contributed by atoms with van der Waals surface area (Å²) in [7, 11) is 0. The molecule has 2 aromatic heterocycles. The van der Waals surface area contributed by atoms with Crippen LogP contribution in [0.5, 0.6) is 0 Å². The molecule has 2 atom stereocenters. The number of furan rings is 2. The molecule has 3 heterocycles. The van der Waals surface area contributed by atoms with Gasteiger partial charge in [-0.15, -0.1) is 0 Å². The van der Waals surface area contributed by atoms with Gasteiger partial charge in [0.15, 0.2) is 6.61 Å². The Morgan fingerprint density at radius 3 is 2.72 bits per heavy atom. The molecule has 0 saturated heterocycles. The maximum absolute atomic E-state index is 12.9. The van der Waals surface area contributed by atoms with E-state index in [1.807, 2.05) is 30.3 Å². The van der Waals surface area contributed by atoms with E-state index in [-0.39, 0.29) is 36.4 Å². The number of rotatable bonds is 5. The largest absolute Gasteiger partial charge is 0.467 e. The number of hydrazone groups is 1. The first-order chi connectivity index (χ1) is 14.2. The van der Waals surface area contributed by atoms with E-state index in [9.17, 15) is 9.59 Å². The van der Waals surface area contributed by atoms with Crippen molar-refractivity contribution in [3.8, 4) is 0 Å². The highest BCUT2D eigenvalue weighted by molar-refractivity contribution is 6.08. The van der Waals surface area contributed by atoms with Gasteiger partial charge >= 0.3 is 5.97 Å². The number of amides is 1. The van der Waals surface area contributed by atoms with E-state index < -0.39 is 0 Å². The first-order valence-electron chi connectivity index (χ1n) is 10.1. The molecule has 5 rings (SSSR count). The fourth-order valence-corrected chi connectivity index (χ4v) is 4.13. The van der Waals surface area contributed by atoms with Crippen molar-refractivity contribution in [1.29, 1.82) is 0 Å². The molecule has 0 aromatic carbocycles. The van der Waals surface area contributed by atoms with Crippen LogP contribution < -0.4 is 0 Å². The lowest BCUT2D eigenvalue weighted by molar-refractivity contribution is -0.154. The van der Waals surface area contributed by atoms with E-state index in [1.54, 1.807) is 12.5 Å². The van der Waals surface area contributed by atoms with Crippen LogP contribution in [0.4, 0.5) is 0 Å².